The number of esters is 1. The van der Waals surface area contributed by atoms with Crippen molar-refractivity contribution in [3.05, 3.63) is 12.2 Å². The number of carbonyl (C=O) groups excluding carboxylic acids is 1. The highest BCUT2D eigenvalue weighted by atomic mass is 16.5. The molecule has 0 atom stereocenters. The molecule has 0 rings (SSSR count). The molecule has 0 bridgehead atoms. The molecule has 0 saturated carbocycles. The Morgan fingerprint density at radius 2 is 1.24 bits per heavy atom. The van der Waals surface area contributed by atoms with Crippen LogP contribution in [-0.4, -0.2) is 13.1 Å². The Morgan fingerprint density at radius 1 is 0.762 bits per heavy atom. The van der Waals surface area contributed by atoms with E-state index >= 15 is 0 Å². The van der Waals surface area contributed by atoms with E-state index in [0.29, 0.717) is 6.42 Å². The van der Waals surface area contributed by atoms with Gasteiger partial charge in [0.1, 0.15) is 0 Å². The van der Waals surface area contributed by atoms with Gasteiger partial charge in [0.25, 0.3) is 0 Å². The van der Waals surface area contributed by atoms with E-state index in [2.05, 4.69) is 23.8 Å². The molecule has 0 amide bonds. The van der Waals surface area contributed by atoms with Crippen molar-refractivity contribution < 1.29 is 9.53 Å². The highest BCUT2D eigenvalue weighted by molar-refractivity contribution is 5.68. The quantitative estimate of drug-likeness (QED) is 0.204. The third kappa shape index (κ3) is 17.2. The summed E-state index contributed by atoms with van der Waals surface area (Å²) in [5.41, 5.74) is 0. The molecule has 2 nitrogen and oxygen atoms in total. The lowest BCUT2D eigenvalue weighted by atomic mass is 10.1. The van der Waals surface area contributed by atoms with Gasteiger partial charge in [0, 0.05) is 6.42 Å². The number of hydrogen-bond acceptors (Lipinski definition) is 2. The normalized spacial score (nSPS) is 11.1. The molecular formula is C19H36O2. The minimum Gasteiger partial charge on any atom is -0.469 e. The van der Waals surface area contributed by atoms with Crippen LogP contribution in [0.5, 0.6) is 0 Å². The van der Waals surface area contributed by atoms with Crippen LogP contribution in [0.4, 0.5) is 0 Å². The Hall–Kier alpha value is -0.790. The number of methoxy groups -OCH3 is 1. The van der Waals surface area contributed by atoms with Crippen LogP contribution in [-0.2, 0) is 9.53 Å². The summed E-state index contributed by atoms with van der Waals surface area (Å²) in [4.78, 5) is 10.9. The number of carbonyl (C=O) groups is 1. The second kappa shape index (κ2) is 17.3. The van der Waals surface area contributed by atoms with Crippen LogP contribution >= 0.6 is 0 Å². The lowest BCUT2D eigenvalue weighted by molar-refractivity contribution is -0.140. The summed E-state index contributed by atoms with van der Waals surface area (Å²) in [6.45, 7) is 2.25. The zero-order chi connectivity index (χ0) is 15.6. The molecule has 0 aromatic rings. The molecule has 0 aliphatic heterocycles. The fourth-order valence-corrected chi connectivity index (χ4v) is 2.44. The molecule has 0 aliphatic carbocycles. The Balaban J connectivity index is 3.07. The van der Waals surface area contributed by atoms with Crippen LogP contribution in [0.25, 0.3) is 0 Å². The van der Waals surface area contributed by atoms with E-state index < -0.39 is 0 Å². The van der Waals surface area contributed by atoms with Gasteiger partial charge in [0.15, 0.2) is 0 Å². The zero-order valence-electron chi connectivity index (χ0n) is 14.4. The fraction of sp³-hybridized carbons (Fsp3) is 0.842. The van der Waals surface area contributed by atoms with Crippen molar-refractivity contribution in [1.82, 2.24) is 0 Å². The first-order valence-electron chi connectivity index (χ1n) is 9.03. The van der Waals surface area contributed by atoms with Crippen molar-refractivity contribution >= 4 is 5.97 Å². The minimum absolute atomic E-state index is 0.0715. The summed E-state index contributed by atoms with van der Waals surface area (Å²) in [7, 11) is 1.46. The van der Waals surface area contributed by atoms with E-state index in [1.807, 2.05) is 0 Å². The third-order valence-electron chi connectivity index (χ3n) is 3.87. The van der Waals surface area contributed by atoms with Crippen LogP contribution in [0.15, 0.2) is 12.2 Å². The smallest absolute Gasteiger partial charge is 0.305 e. The van der Waals surface area contributed by atoms with E-state index in [9.17, 15) is 4.79 Å². The predicted octanol–water partition coefficient (Wildman–Crippen LogP) is 6.20. The molecule has 0 heterocycles. The van der Waals surface area contributed by atoms with Gasteiger partial charge in [-0.3, -0.25) is 4.79 Å². The molecule has 0 aromatic heterocycles. The second-order valence-corrected chi connectivity index (χ2v) is 5.91. The first-order valence-corrected chi connectivity index (χ1v) is 9.03. The van der Waals surface area contributed by atoms with E-state index in [1.165, 1.54) is 77.7 Å². The molecule has 0 saturated heterocycles. The molecule has 21 heavy (non-hydrogen) atoms. The third-order valence-corrected chi connectivity index (χ3v) is 3.87. The summed E-state index contributed by atoms with van der Waals surface area (Å²) >= 11 is 0. The summed E-state index contributed by atoms with van der Waals surface area (Å²) < 4.78 is 4.62. The number of unbranched alkanes of at least 4 members (excludes halogenated alkanes) is 11. The van der Waals surface area contributed by atoms with Crippen molar-refractivity contribution in [2.45, 2.75) is 96.8 Å². The maximum absolute atomic E-state index is 10.9. The van der Waals surface area contributed by atoms with Crippen molar-refractivity contribution in [2.75, 3.05) is 7.11 Å². The van der Waals surface area contributed by atoms with Crippen molar-refractivity contribution in [3.8, 4) is 0 Å². The van der Waals surface area contributed by atoms with Gasteiger partial charge in [-0.15, -0.1) is 0 Å². The zero-order valence-corrected chi connectivity index (χ0v) is 14.4. The Labute approximate surface area is 132 Å². The van der Waals surface area contributed by atoms with Crippen LogP contribution in [0.1, 0.15) is 96.8 Å². The van der Waals surface area contributed by atoms with E-state index in [0.717, 1.165) is 12.8 Å². The minimum atomic E-state index is -0.0715. The lowest BCUT2D eigenvalue weighted by Crippen LogP contribution is -1.99. The maximum Gasteiger partial charge on any atom is 0.305 e. The molecule has 0 spiro atoms. The Bertz CT molecular complexity index is 246. The predicted molar refractivity (Wildman–Crippen MR) is 91.5 cm³/mol. The molecular weight excluding hydrogens is 260 g/mol. The highest BCUT2D eigenvalue weighted by Crippen LogP contribution is 2.11. The number of hydrogen-bond donors (Lipinski definition) is 0. The monoisotopic (exact) mass is 296 g/mol. The Kier molecular flexibility index (Phi) is 16.6. The summed E-state index contributed by atoms with van der Waals surface area (Å²) in [6, 6.07) is 0. The fourth-order valence-electron chi connectivity index (χ4n) is 2.44. The SMILES string of the molecule is CCCCC/C=C\CCCCCCCCCCC(=O)OC. The van der Waals surface area contributed by atoms with Crippen LogP contribution < -0.4 is 0 Å². The highest BCUT2D eigenvalue weighted by Gasteiger charge is 1.98. The van der Waals surface area contributed by atoms with E-state index in [-0.39, 0.29) is 5.97 Å². The summed E-state index contributed by atoms with van der Waals surface area (Å²) in [5.74, 6) is -0.0715. The molecule has 0 N–H and O–H groups in total. The first-order chi connectivity index (χ1) is 10.3. The number of allylic oxidation sites excluding steroid dienone is 2. The molecule has 0 unspecified atom stereocenters. The summed E-state index contributed by atoms with van der Waals surface area (Å²) in [6.07, 6.45) is 22.0. The molecule has 124 valence electrons. The molecule has 0 aliphatic rings. The number of ether oxygens (including phenoxy) is 1. The van der Waals surface area contributed by atoms with Gasteiger partial charge in [-0.2, -0.15) is 0 Å². The van der Waals surface area contributed by atoms with Crippen molar-refractivity contribution in [2.24, 2.45) is 0 Å². The van der Waals surface area contributed by atoms with Crippen LogP contribution in [0.2, 0.25) is 0 Å². The molecule has 2 heteroatoms. The van der Waals surface area contributed by atoms with Gasteiger partial charge in [0.2, 0.25) is 0 Å². The van der Waals surface area contributed by atoms with E-state index in [1.54, 1.807) is 0 Å². The van der Waals surface area contributed by atoms with Gasteiger partial charge >= 0.3 is 5.97 Å². The Morgan fingerprint density at radius 3 is 1.76 bits per heavy atom. The van der Waals surface area contributed by atoms with Gasteiger partial charge in [-0.05, 0) is 32.1 Å². The van der Waals surface area contributed by atoms with Crippen LogP contribution in [0.3, 0.4) is 0 Å². The van der Waals surface area contributed by atoms with Crippen molar-refractivity contribution in [1.29, 1.82) is 0 Å². The molecule has 0 aromatic carbocycles. The topological polar surface area (TPSA) is 26.3 Å². The standard InChI is InChI=1S/C19H36O2/c1-3-4-5-6-7-8-9-10-11-12-13-14-15-16-17-18-19(20)21-2/h7-8H,3-6,9-18H2,1-2H3/b8-7-. The maximum atomic E-state index is 10.9. The van der Waals surface area contributed by atoms with Gasteiger partial charge < -0.3 is 4.74 Å². The van der Waals surface area contributed by atoms with Gasteiger partial charge in [-0.25, -0.2) is 0 Å². The first kappa shape index (κ1) is 20.2. The van der Waals surface area contributed by atoms with E-state index in [4.69, 9.17) is 0 Å². The summed E-state index contributed by atoms with van der Waals surface area (Å²) in [5, 5.41) is 0. The average molecular weight is 296 g/mol. The molecule has 0 radical (unpaired) electrons. The second-order valence-electron chi connectivity index (χ2n) is 5.91. The average Bonchev–Trinajstić information content (AvgIpc) is 2.50. The van der Waals surface area contributed by atoms with Gasteiger partial charge in [-0.1, -0.05) is 70.4 Å². The largest absolute Gasteiger partial charge is 0.469 e. The van der Waals surface area contributed by atoms with Gasteiger partial charge in [0.05, 0.1) is 7.11 Å². The lowest BCUT2D eigenvalue weighted by Gasteiger charge is -2.01. The van der Waals surface area contributed by atoms with Crippen molar-refractivity contribution in [3.63, 3.8) is 0 Å². The number of rotatable bonds is 15. The van der Waals surface area contributed by atoms with Crippen LogP contribution in [0, 0.1) is 0 Å². The molecule has 0 fully saturated rings.